The molecule has 0 saturated carbocycles. The van der Waals surface area contributed by atoms with Crippen LogP contribution in [0.2, 0.25) is 0 Å². The molecule has 16 rings (SSSR count). The highest BCUT2D eigenvalue weighted by Crippen LogP contribution is 2.47. The van der Waals surface area contributed by atoms with Gasteiger partial charge in [0.15, 0.2) is 0 Å². The van der Waals surface area contributed by atoms with Crippen LogP contribution in [0.15, 0.2) is 273 Å². The second kappa shape index (κ2) is 16.3. The summed E-state index contributed by atoms with van der Waals surface area (Å²) in [7, 11) is 0. The maximum atomic E-state index is 2.41. The van der Waals surface area contributed by atoms with Crippen LogP contribution in [0.5, 0.6) is 0 Å². The molecule has 1 nitrogen and oxygen atoms in total. The molecule has 75 heavy (non-hydrogen) atoms. The molecular formula is C74H45N. The smallest absolute Gasteiger partial charge is 0.0462 e. The number of fused-ring (bicyclic) bond motifs is 4. The second-order valence-corrected chi connectivity index (χ2v) is 20.3. The van der Waals surface area contributed by atoms with Crippen LogP contribution in [0.25, 0.3) is 141 Å². The van der Waals surface area contributed by atoms with E-state index in [1.807, 2.05) is 0 Å². The van der Waals surface area contributed by atoms with E-state index in [4.69, 9.17) is 0 Å². The van der Waals surface area contributed by atoms with Crippen molar-refractivity contribution >= 4 is 114 Å². The van der Waals surface area contributed by atoms with Crippen LogP contribution in [-0.4, -0.2) is 0 Å². The van der Waals surface area contributed by atoms with E-state index in [0.29, 0.717) is 0 Å². The first kappa shape index (κ1) is 41.8. The van der Waals surface area contributed by atoms with Crippen LogP contribution < -0.4 is 4.90 Å². The minimum atomic E-state index is 1.09. The Morgan fingerprint density at radius 1 is 0.173 bits per heavy atom. The van der Waals surface area contributed by atoms with Gasteiger partial charge in [0.1, 0.15) is 0 Å². The average molecular weight is 948 g/mol. The topological polar surface area (TPSA) is 3.24 Å². The van der Waals surface area contributed by atoms with Crippen molar-refractivity contribution in [1.29, 1.82) is 0 Å². The maximum Gasteiger partial charge on any atom is 0.0462 e. The normalized spacial score (nSPS) is 12.0. The Balaban J connectivity index is 0.838. The summed E-state index contributed by atoms with van der Waals surface area (Å²) in [5.41, 5.74) is 13.1. The first-order chi connectivity index (χ1) is 37.2. The van der Waals surface area contributed by atoms with E-state index < -0.39 is 0 Å². The zero-order valence-electron chi connectivity index (χ0n) is 40.9. The van der Waals surface area contributed by atoms with Gasteiger partial charge in [0.25, 0.3) is 0 Å². The molecule has 0 aliphatic carbocycles. The van der Waals surface area contributed by atoms with Crippen LogP contribution in [0.1, 0.15) is 0 Å². The highest BCUT2D eigenvalue weighted by atomic mass is 15.1. The van der Waals surface area contributed by atoms with Gasteiger partial charge in [-0.2, -0.15) is 0 Å². The van der Waals surface area contributed by atoms with Crippen molar-refractivity contribution in [2.75, 3.05) is 4.90 Å². The number of rotatable bonds is 7. The first-order valence-corrected chi connectivity index (χ1v) is 26.1. The Kier molecular flexibility index (Phi) is 9.10. The summed E-state index contributed by atoms with van der Waals surface area (Å²) in [5.74, 6) is 0. The van der Waals surface area contributed by atoms with Gasteiger partial charge >= 0.3 is 0 Å². The number of hydrogen-bond donors (Lipinski definition) is 0. The number of benzene rings is 16. The van der Waals surface area contributed by atoms with E-state index in [9.17, 15) is 0 Å². The molecule has 0 amide bonds. The summed E-state index contributed by atoms with van der Waals surface area (Å²) < 4.78 is 0. The van der Waals surface area contributed by atoms with Crippen LogP contribution in [-0.2, 0) is 0 Å². The standard InChI is InChI=1S/C74H45N/c1-2-12-48(13-3-1)70-60-18-4-6-20-62(60)72(63-21-7-5-19-61(63)70)52-32-40-56(41-33-52)75(54-36-28-46(29-37-54)57-42-34-53-27-26-50-14-8-15-51-35-43-67(57)73(53)69(50)51)55-38-30-47(31-39-55)58-44-45-68-65-23-10-17-49-16-9-22-64(71(49)65)66-25-11-24-59(58)74(66)68/h1-45H. The third kappa shape index (κ3) is 6.32. The molecule has 1 heteroatoms. The molecule has 0 radical (unpaired) electrons. The molecule has 0 fully saturated rings. The fraction of sp³-hybridized carbons (Fsp3) is 0. The van der Waals surface area contributed by atoms with Gasteiger partial charge < -0.3 is 4.90 Å². The van der Waals surface area contributed by atoms with E-state index in [2.05, 4.69) is 278 Å². The summed E-state index contributed by atoms with van der Waals surface area (Å²) >= 11 is 0. The Labute approximate surface area is 434 Å². The van der Waals surface area contributed by atoms with E-state index in [0.717, 1.165) is 17.1 Å². The lowest BCUT2D eigenvalue weighted by atomic mass is 9.86. The molecule has 0 aromatic heterocycles. The molecule has 0 spiro atoms. The van der Waals surface area contributed by atoms with Crippen molar-refractivity contribution in [2.45, 2.75) is 0 Å². The van der Waals surface area contributed by atoms with Gasteiger partial charge in [-0.05, 0) is 178 Å². The predicted octanol–water partition coefficient (Wildman–Crippen LogP) is 21.1. The molecular weight excluding hydrogens is 903 g/mol. The largest absolute Gasteiger partial charge is 0.311 e. The van der Waals surface area contributed by atoms with E-state index in [1.165, 1.54) is 141 Å². The molecule has 0 bridgehead atoms. The first-order valence-electron chi connectivity index (χ1n) is 26.1. The average Bonchev–Trinajstić information content (AvgIpc) is 3.50. The van der Waals surface area contributed by atoms with Crippen molar-refractivity contribution < 1.29 is 0 Å². The number of hydrogen-bond acceptors (Lipinski definition) is 1. The van der Waals surface area contributed by atoms with Crippen LogP contribution in [0, 0.1) is 0 Å². The van der Waals surface area contributed by atoms with Crippen LogP contribution in [0.4, 0.5) is 17.1 Å². The van der Waals surface area contributed by atoms with E-state index in [1.54, 1.807) is 0 Å². The molecule has 346 valence electrons. The van der Waals surface area contributed by atoms with Gasteiger partial charge in [-0.1, -0.05) is 237 Å². The Morgan fingerprint density at radius 3 is 1.05 bits per heavy atom. The lowest BCUT2D eigenvalue weighted by Gasteiger charge is -2.26. The van der Waals surface area contributed by atoms with Crippen molar-refractivity contribution in [3.8, 4) is 44.5 Å². The summed E-state index contributed by atoms with van der Waals surface area (Å²) in [6.45, 7) is 0. The second-order valence-electron chi connectivity index (χ2n) is 20.3. The van der Waals surface area contributed by atoms with E-state index in [-0.39, 0.29) is 0 Å². The Bertz CT molecular complexity index is 4780. The lowest BCUT2D eigenvalue weighted by Crippen LogP contribution is -2.09. The minimum Gasteiger partial charge on any atom is -0.311 e. The monoisotopic (exact) mass is 947 g/mol. The lowest BCUT2D eigenvalue weighted by molar-refractivity contribution is 1.28. The zero-order chi connectivity index (χ0) is 49.1. The number of nitrogens with zero attached hydrogens (tertiary/aromatic N) is 1. The third-order valence-electron chi connectivity index (χ3n) is 16.3. The fourth-order valence-corrected chi connectivity index (χ4v) is 13.0. The van der Waals surface area contributed by atoms with Gasteiger partial charge in [-0.3, -0.25) is 0 Å². The van der Waals surface area contributed by atoms with Gasteiger partial charge in [0, 0.05) is 17.1 Å². The molecule has 0 atom stereocenters. The summed E-state index contributed by atoms with van der Waals surface area (Å²) in [5, 5.41) is 23.3. The van der Waals surface area contributed by atoms with Gasteiger partial charge in [-0.25, -0.2) is 0 Å². The van der Waals surface area contributed by atoms with Crippen molar-refractivity contribution in [3.05, 3.63) is 273 Å². The predicted molar refractivity (Wildman–Crippen MR) is 323 cm³/mol. The molecule has 0 aliphatic heterocycles. The highest BCUT2D eigenvalue weighted by Gasteiger charge is 2.21. The summed E-state index contributed by atoms with van der Waals surface area (Å²) in [6, 6.07) is 102. The van der Waals surface area contributed by atoms with Crippen molar-refractivity contribution in [3.63, 3.8) is 0 Å². The van der Waals surface area contributed by atoms with Gasteiger partial charge in [-0.15, -0.1) is 0 Å². The highest BCUT2D eigenvalue weighted by molar-refractivity contribution is 6.34. The SMILES string of the molecule is c1ccc(-c2c3ccccc3c(-c3ccc(N(c4ccc(-c5ccc6c7cccc8cccc(c9cccc5c96)c87)cc4)c4ccc(-c5ccc6ccc7cccc8ccc5c6c78)cc4)cc3)c3ccccc23)cc1. The Hall–Kier alpha value is -9.82. The van der Waals surface area contributed by atoms with Crippen molar-refractivity contribution in [1.82, 2.24) is 0 Å². The molecule has 0 aliphatic rings. The Morgan fingerprint density at radius 2 is 0.507 bits per heavy atom. The van der Waals surface area contributed by atoms with E-state index >= 15 is 0 Å². The molecule has 16 aromatic rings. The van der Waals surface area contributed by atoms with Gasteiger partial charge in [0.05, 0.1) is 0 Å². The van der Waals surface area contributed by atoms with Crippen LogP contribution in [0.3, 0.4) is 0 Å². The molecule has 0 unspecified atom stereocenters. The van der Waals surface area contributed by atoms with Gasteiger partial charge in [0.2, 0.25) is 0 Å². The fourth-order valence-electron chi connectivity index (χ4n) is 13.0. The quantitative estimate of drug-likeness (QED) is 0.114. The summed E-state index contributed by atoms with van der Waals surface area (Å²) in [4.78, 5) is 2.41. The summed E-state index contributed by atoms with van der Waals surface area (Å²) in [6.07, 6.45) is 0. The van der Waals surface area contributed by atoms with Crippen LogP contribution >= 0.6 is 0 Å². The maximum absolute atomic E-state index is 2.41. The minimum absolute atomic E-state index is 1.09. The zero-order valence-corrected chi connectivity index (χ0v) is 40.9. The third-order valence-corrected chi connectivity index (χ3v) is 16.3. The number of anilines is 3. The molecule has 0 heterocycles. The molecule has 16 aromatic carbocycles. The molecule has 0 N–H and O–H groups in total. The molecule has 0 saturated heterocycles. The van der Waals surface area contributed by atoms with Crippen molar-refractivity contribution in [2.24, 2.45) is 0 Å².